The van der Waals surface area contributed by atoms with Gasteiger partial charge in [0.05, 0.1) is 12.6 Å². The molecule has 0 aromatic carbocycles. The summed E-state index contributed by atoms with van der Waals surface area (Å²) in [5.41, 5.74) is 0. The SMILES string of the molecule is CCNC1CCCN(CCO)C1=O. The second-order valence-electron chi connectivity index (χ2n) is 3.30. The minimum atomic E-state index is -0.0229. The van der Waals surface area contributed by atoms with Crippen LogP contribution in [0.2, 0.25) is 0 Å². The zero-order valence-corrected chi connectivity index (χ0v) is 8.12. The van der Waals surface area contributed by atoms with Crippen LogP contribution in [0.5, 0.6) is 0 Å². The van der Waals surface area contributed by atoms with Crippen molar-refractivity contribution in [3.8, 4) is 0 Å². The number of hydrogen-bond acceptors (Lipinski definition) is 3. The van der Waals surface area contributed by atoms with Crippen molar-refractivity contribution in [3.63, 3.8) is 0 Å². The number of nitrogens with zero attached hydrogens (tertiary/aromatic N) is 1. The summed E-state index contributed by atoms with van der Waals surface area (Å²) in [6, 6.07) is -0.0229. The summed E-state index contributed by atoms with van der Waals surface area (Å²) in [6.45, 7) is 4.15. The van der Waals surface area contributed by atoms with Crippen LogP contribution in [0.25, 0.3) is 0 Å². The summed E-state index contributed by atoms with van der Waals surface area (Å²) in [7, 11) is 0. The number of amides is 1. The highest BCUT2D eigenvalue weighted by Gasteiger charge is 2.26. The summed E-state index contributed by atoms with van der Waals surface area (Å²) in [5.74, 6) is 0.141. The van der Waals surface area contributed by atoms with E-state index in [1.54, 1.807) is 4.90 Å². The number of likely N-dealkylation sites (tertiary alicyclic amines) is 1. The molecule has 4 nitrogen and oxygen atoms in total. The van der Waals surface area contributed by atoms with Crippen LogP contribution in [0.1, 0.15) is 19.8 Å². The number of aliphatic hydroxyl groups is 1. The molecule has 0 spiro atoms. The molecular weight excluding hydrogens is 168 g/mol. The van der Waals surface area contributed by atoms with Crippen LogP contribution >= 0.6 is 0 Å². The maximum Gasteiger partial charge on any atom is 0.239 e. The third-order valence-corrected chi connectivity index (χ3v) is 2.35. The second kappa shape index (κ2) is 5.19. The van der Waals surface area contributed by atoms with E-state index in [-0.39, 0.29) is 18.6 Å². The number of hydrogen-bond donors (Lipinski definition) is 2. The monoisotopic (exact) mass is 186 g/mol. The minimum absolute atomic E-state index is 0.0229. The van der Waals surface area contributed by atoms with Gasteiger partial charge in [-0.1, -0.05) is 6.92 Å². The van der Waals surface area contributed by atoms with Crippen LogP contribution in [0.3, 0.4) is 0 Å². The number of β-amino-alcohol motifs (C(OH)–C–C–N with tert-alkyl or cyclic N) is 1. The van der Waals surface area contributed by atoms with Crippen molar-refractivity contribution >= 4 is 5.91 Å². The average molecular weight is 186 g/mol. The molecule has 13 heavy (non-hydrogen) atoms. The maximum atomic E-state index is 11.7. The van der Waals surface area contributed by atoms with Gasteiger partial charge in [-0.25, -0.2) is 0 Å². The topological polar surface area (TPSA) is 52.6 Å². The molecule has 0 bridgehead atoms. The Balaban J connectivity index is 2.45. The van der Waals surface area contributed by atoms with E-state index in [2.05, 4.69) is 5.32 Å². The quantitative estimate of drug-likeness (QED) is 0.627. The lowest BCUT2D eigenvalue weighted by Crippen LogP contribution is -2.51. The molecule has 1 unspecified atom stereocenters. The predicted molar refractivity (Wildman–Crippen MR) is 50.4 cm³/mol. The first-order valence-electron chi connectivity index (χ1n) is 4.92. The highest BCUT2D eigenvalue weighted by molar-refractivity contribution is 5.82. The Morgan fingerprint density at radius 2 is 2.46 bits per heavy atom. The van der Waals surface area contributed by atoms with Gasteiger partial charge in [-0.05, 0) is 19.4 Å². The number of carbonyl (C=O) groups is 1. The van der Waals surface area contributed by atoms with Crippen molar-refractivity contribution in [2.45, 2.75) is 25.8 Å². The van der Waals surface area contributed by atoms with E-state index < -0.39 is 0 Å². The van der Waals surface area contributed by atoms with E-state index in [4.69, 9.17) is 5.11 Å². The van der Waals surface area contributed by atoms with Crippen molar-refractivity contribution in [1.29, 1.82) is 0 Å². The molecule has 2 N–H and O–H groups in total. The predicted octanol–water partition coefficient (Wildman–Crippen LogP) is -0.421. The van der Waals surface area contributed by atoms with Gasteiger partial charge in [-0.3, -0.25) is 4.79 Å². The molecule has 1 rings (SSSR count). The molecule has 0 radical (unpaired) electrons. The zero-order valence-electron chi connectivity index (χ0n) is 8.12. The van der Waals surface area contributed by atoms with E-state index in [0.29, 0.717) is 6.54 Å². The molecule has 1 aliphatic heterocycles. The van der Waals surface area contributed by atoms with Crippen LogP contribution in [-0.4, -0.2) is 48.2 Å². The van der Waals surface area contributed by atoms with Gasteiger partial charge in [0.2, 0.25) is 5.91 Å². The molecule has 0 saturated carbocycles. The largest absolute Gasteiger partial charge is 0.395 e. The third-order valence-electron chi connectivity index (χ3n) is 2.35. The standard InChI is InChI=1S/C9H18N2O2/c1-2-10-8-4-3-5-11(6-7-12)9(8)13/h8,10,12H,2-7H2,1H3. The molecule has 0 aliphatic carbocycles. The number of nitrogens with one attached hydrogen (secondary N) is 1. The van der Waals surface area contributed by atoms with Gasteiger partial charge in [0.1, 0.15) is 0 Å². The average Bonchev–Trinajstić information content (AvgIpc) is 2.13. The zero-order chi connectivity index (χ0) is 9.68. The molecule has 1 atom stereocenters. The Morgan fingerprint density at radius 3 is 3.08 bits per heavy atom. The van der Waals surface area contributed by atoms with Crippen molar-refractivity contribution in [1.82, 2.24) is 10.2 Å². The Kier molecular flexibility index (Phi) is 4.18. The fourth-order valence-corrected chi connectivity index (χ4v) is 1.72. The van der Waals surface area contributed by atoms with E-state index in [9.17, 15) is 4.79 Å². The first-order chi connectivity index (χ1) is 6.29. The lowest BCUT2D eigenvalue weighted by Gasteiger charge is -2.32. The summed E-state index contributed by atoms with van der Waals surface area (Å²) >= 11 is 0. The number of carbonyl (C=O) groups excluding carboxylic acids is 1. The maximum absolute atomic E-state index is 11.7. The fourth-order valence-electron chi connectivity index (χ4n) is 1.72. The van der Waals surface area contributed by atoms with Crippen LogP contribution < -0.4 is 5.32 Å². The molecule has 1 aliphatic rings. The fraction of sp³-hybridized carbons (Fsp3) is 0.889. The number of rotatable bonds is 4. The Labute approximate surface area is 78.9 Å². The summed E-state index contributed by atoms with van der Waals surface area (Å²) in [5, 5.41) is 11.9. The molecule has 1 amide bonds. The van der Waals surface area contributed by atoms with Gasteiger partial charge in [-0.15, -0.1) is 0 Å². The van der Waals surface area contributed by atoms with Crippen molar-refractivity contribution < 1.29 is 9.90 Å². The molecule has 4 heteroatoms. The molecule has 1 heterocycles. The first-order valence-corrected chi connectivity index (χ1v) is 4.92. The minimum Gasteiger partial charge on any atom is -0.395 e. The molecule has 1 fully saturated rings. The molecule has 1 saturated heterocycles. The number of piperidine rings is 1. The smallest absolute Gasteiger partial charge is 0.239 e. The normalized spacial score (nSPS) is 23.7. The highest BCUT2D eigenvalue weighted by atomic mass is 16.3. The van der Waals surface area contributed by atoms with Crippen molar-refractivity contribution in [2.24, 2.45) is 0 Å². The second-order valence-corrected chi connectivity index (χ2v) is 3.30. The molecule has 76 valence electrons. The van der Waals surface area contributed by atoms with Crippen LogP contribution in [0.15, 0.2) is 0 Å². The first kappa shape index (κ1) is 10.5. The van der Waals surface area contributed by atoms with Gasteiger partial charge in [0, 0.05) is 13.1 Å². The van der Waals surface area contributed by atoms with E-state index >= 15 is 0 Å². The van der Waals surface area contributed by atoms with Gasteiger partial charge in [0.25, 0.3) is 0 Å². The number of likely N-dealkylation sites (N-methyl/N-ethyl adjacent to an activating group) is 1. The summed E-state index contributed by atoms with van der Waals surface area (Å²) in [6.07, 6.45) is 1.96. The summed E-state index contributed by atoms with van der Waals surface area (Å²) in [4.78, 5) is 13.4. The third kappa shape index (κ3) is 2.67. The Morgan fingerprint density at radius 1 is 1.69 bits per heavy atom. The van der Waals surface area contributed by atoms with Gasteiger partial charge in [-0.2, -0.15) is 0 Å². The molecular formula is C9H18N2O2. The van der Waals surface area contributed by atoms with Gasteiger partial charge >= 0.3 is 0 Å². The Hall–Kier alpha value is -0.610. The van der Waals surface area contributed by atoms with E-state index in [1.807, 2.05) is 6.92 Å². The lowest BCUT2D eigenvalue weighted by atomic mass is 10.1. The van der Waals surface area contributed by atoms with Crippen molar-refractivity contribution in [2.75, 3.05) is 26.2 Å². The van der Waals surface area contributed by atoms with Crippen LogP contribution in [0.4, 0.5) is 0 Å². The van der Waals surface area contributed by atoms with Crippen LogP contribution in [0, 0.1) is 0 Å². The van der Waals surface area contributed by atoms with E-state index in [1.165, 1.54) is 0 Å². The number of aliphatic hydroxyl groups excluding tert-OH is 1. The Bertz CT molecular complexity index is 153. The lowest BCUT2D eigenvalue weighted by molar-refractivity contribution is -0.136. The van der Waals surface area contributed by atoms with Crippen LogP contribution in [-0.2, 0) is 4.79 Å². The van der Waals surface area contributed by atoms with Gasteiger partial charge < -0.3 is 15.3 Å². The molecule has 0 aromatic heterocycles. The molecule has 0 aromatic rings. The van der Waals surface area contributed by atoms with Crippen molar-refractivity contribution in [3.05, 3.63) is 0 Å². The van der Waals surface area contributed by atoms with Gasteiger partial charge in [0.15, 0.2) is 0 Å². The summed E-state index contributed by atoms with van der Waals surface area (Å²) < 4.78 is 0. The highest BCUT2D eigenvalue weighted by Crippen LogP contribution is 2.10. The van der Waals surface area contributed by atoms with E-state index in [0.717, 1.165) is 25.9 Å².